The van der Waals surface area contributed by atoms with Gasteiger partial charge in [0.2, 0.25) is 0 Å². The van der Waals surface area contributed by atoms with Crippen LogP contribution in [0.5, 0.6) is 0 Å². The van der Waals surface area contributed by atoms with Crippen LogP contribution in [0.1, 0.15) is 16.9 Å². The summed E-state index contributed by atoms with van der Waals surface area (Å²) < 4.78 is 10.3. The highest BCUT2D eigenvalue weighted by Gasteiger charge is 2.00. The van der Waals surface area contributed by atoms with Gasteiger partial charge in [0.15, 0.2) is 0 Å². The molecule has 0 bridgehead atoms. The Hall–Kier alpha value is -1.48. The van der Waals surface area contributed by atoms with Gasteiger partial charge in [-0.05, 0) is 24.6 Å². The highest BCUT2D eigenvalue weighted by atomic mass is 16.3. The highest BCUT2D eigenvalue weighted by molar-refractivity contribution is 5.14. The molecule has 0 atom stereocenters. The predicted molar refractivity (Wildman–Crippen MR) is 52.7 cm³/mol. The molecule has 0 saturated carbocycles. The van der Waals surface area contributed by atoms with Gasteiger partial charge in [0.05, 0.1) is 25.3 Å². The summed E-state index contributed by atoms with van der Waals surface area (Å²) in [6.45, 7) is 3.60. The second-order valence-electron chi connectivity index (χ2n) is 3.26. The molecule has 2 rings (SSSR count). The summed E-state index contributed by atoms with van der Waals surface area (Å²) in [5.41, 5.74) is 2.33. The van der Waals surface area contributed by atoms with Crippen molar-refractivity contribution in [1.82, 2.24) is 5.32 Å². The van der Waals surface area contributed by atoms with Gasteiger partial charge in [-0.1, -0.05) is 0 Å². The molecule has 0 aromatic carbocycles. The zero-order valence-electron chi connectivity index (χ0n) is 8.12. The molecule has 0 fully saturated rings. The smallest absolute Gasteiger partial charge is 0.120 e. The van der Waals surface area contributed by atoms with Crippen LogP contribution in [0.25, 0.3) is 0 Å². The zero-order valence-corrected chi connectivity index (χ0v) is 8.12. The van der Waals surface area contributed by atoms with Gasteiger partial charge in [0, 0.05) is 12.1 Å². The number of furan rings is 2. The molecule has 0 unspecified atom stereocenters. The summed E-state index contributed by atoms with van der Waals surface area (Å²) in [7, 11) is 0. The van der Waals surface area contributed by atoms with Gasteiger partial charge in [-0.25, -0.2) is 0 Å². The molecular weight excluding hydrogens is 178 g/mol. The number of rotatable bonds is 4. The first-order valence-corrected chi connectivity index (χ1v) is 4.61. The van der Waals surface area contributed by atoms with Gasteiger partial charge in [-0.3, -0.25) is 0 Å². The Bertz CT molecular complexity index is 376. The fourth-order valence-electron chi connectivity index (χ4n) is 1.30. The lowest BCUT2D eigenvalue weighted by Gasteiger charge is -2.00. The lowest BCUT2D eigenvalue weighted by molar-refractivity contribution is 0.479. The summed E-state index contributed by atoms with van der Waals surface area (Å²) in [6.07, 6.45) is 5.13. The molecule has 3 nitrogen and oxygen atoms in total. The highest BCUT2D eigenvalue weighted by Crippen LogP contribution is 2.08. The Balaban J connectivity index is 1.81. The van der Waals surface area contributed by atoms with Crippen LogP contribution in [0.2, 0.25) is 0 Å². The average molecular weight is 191 g/mol. The Kier molecular flexibility index (Phi) is 2.70. The lowest BCUT2D eigenvalue weighted by Crippen LogP contribution is -2.12. The van der Waals surface area contributed by atoms with Crippen molar-refractivity contribution in [3.05, 3.63) is 47.8 Å². The van der Waals surface area contributed by atoms with Crippen LogP contribution in [-0.2, 0) is 13.1 Å². The molecule has 14 heavy (non-hydrogen) atoms. The monoisotopic (exact) mass is 191 g/mol. The number of hydrogen-bond acceptors (Lipinski definition) is 3. The van der Waals surface area contributed by atoms with Crippen molar-refractivity contribution in [1.29, 1.82) is 0 Å². The van der Waals surface area contributed by atoms with Crippen molar-refractivity contribution in [2.75, 3.05) is 0 Å². The van der Waals surface area contributed by atoms with E-state index in [0.717, 1.165) is 24.4 Å². The van der Waals surface area contributed by atoms with Crippen LogP contribution in [0.3, 0.4) is 0 Å². The van der Waals surface area contributed by atoms with Gasteiger partial charge in [-0.15, -0.1) is 0 Å². The summed E-state index contributed by atoms with van der Waals surface area (Å²) in [5.74, 6) is 0.994. The average Bonchev–Trinajstić information content (AvgIpc) is 2.78. The SMILES string of the molecule is Cc1ccoc1CNCc1ccoc1. The third kappa shape index (κ3) is 2.06. The topological polar surface area (TPSA) is 38.3 Å². The predicted octanol–water partition coefficient (Wildman–Crippen LogP) is 2.47. The van der Waals surface area contributed by atoms with E-state index < -0.39 is 0 Å². The third-order valence-corrected chi connectivity index (χ3v) is 2.16. The van der Waals surface area contributed by atoms with Crippen molar-refractivity contribution in [2.24, 2.45) is 0 Å². The second kappa shape index (κ2) is 4.15. The lowest BCUT2D eigenvalue weighted by atomic mass is 10.3. The fraction of sp³-hybridized carbons (Fsp3) is 0.273. The van der Waals surface area contributed by atoms with E-state index in [1.807, 2.05) is 19.1 Å². The van der Waals surface area contributed by atoms with E-state index in [1.165, 1.54) is 5.56 Å². The first-order valence-electron chi connectivity index (χ1n) is 4.61. The molecule has 0 saturated heterocycles. The maximum atomic E-state index is 5.30. The van der Waals surface area contributed by atoms with Crippen LogP contribution in [0.4, 0.5) is 0 Å². The molecule has 1 N–H and O–H groups in total. The molecule has 0 amide bonds. The Labute approximate surface area is 82.7 Å². The molecule has 0 spiro atoms. The van der Waals surface area contributed by atoms with E-state index in [2.05, 4.69) is 5.32 Å². The minimum absolute atomic E-state index is 0.754. The second-order valence-corrected chi connectivity index (χ2v) is 3.26. The molecule has 2 heterocycles. The van der Waals surface area contributed by atoms with Gasteiger partial charge in [0.1, 0.15) is 5.76 Å². The van der Waals surface area contributed by atoms with Gasteiger partial charge >= 0.3 is 0 Å². The molecule has 3 heteroatoms. The minimum atomic E-state index is 0.754. The van der Waals surface area contributed by atoms with Gasteiger partial charge < -0.3 is 14.2 Å². The zero-order chi connectivity index (χ0) is 9.80. The summed E-state index contributed by atoms with van der Waals surface area (Å²) in [4.78, 5) is 0. The number of nitrogens with one attached hydrogen (secondary N) is 1. The van der Waals surface area contributed by atoms with Crippen LogP contribution >= 0.6 is 0 Å². The van der Waals surface area contributed by atoms with Crippen molar-refractivity contribution < 1.29 is 8.83 Å². The quantitative estimate of drug-likeness (QED) is 0.806. The maximum Gasteiger partial charge on any atom is 0.120 e. The summed E-state index contributed by atoms with van der Waals surface area (Å²) >= 11 is 0. The van der Waals surface area contributed by atoms with E-state index in [-0.39, 0.29) is 0 Å². The molecule has 74 valence electrons. The standard InChI is InChI=1S/C11H13NO2/c1-9-2-5-14-11(9)7-12-6-10-3-4-13-8-10/h2-5,8,12H,6-7H2,1H3. The summed E-state index contributed by atoms with van der Waals surface area (Å²) in [5, 5.41) is 3.28. The van der Waals surface area contributed by atoms with Crippen LogP contribution in [0.15, 0.2) is 39.8 Å². The van der Waals surface area contributed by atoms with Crippen LogP contribution in [-0.4, -0.2) is 0 Å². The Morgan fingerprint density at radius 2 is 2.14 bits per heavy atom. The van der Waals surface area contributed by atoms with E-state index in [0.29, 0.717) is 0 Å². The Morgan fingerprint density at radius 3 is 2.79 bits per heavy atom. The third-order valence-electron chi connectivity index (χ3n) is 2.16. The fourth-order valence-corrected chi connectivity index (χ4v) is 1.30. The first-order chi connectivity index (χ1) is 6.86. The number of aryl methyl sites for hydroxylation is 1. The minimum Gasteiger partial charge on any atom is -0.472 e. The van der Waals surface area contributed by atoms with Gasteiger partial charge in [0.25, 0.3) is 0 Å². The van der Waals surface area contributed by atoms with Crippen LogP contribution in [0, 0.1) is 6.92 Å². The molecule has 0 aliphatic heterocycles. The van der Waals surface area contributed by atoms with Crippen molar-refractivity contribution in [2.45, 2.75) is 20.0 Å². The van der Waals surface area contributed by atoms with Crippen LogP contribution < -0.4 is 5.32 Å². The van der Waals surface area contributed by atoms with E-state index in [4.69, 9.17) is 8.83 Å². The van der Waals surface area contributed by atoms with E-state index in [9.17, 15) is 0 Å². The number of hydrogen-bond donors (Lipinski definition) is 1. The van der Waals surface area contributed by atoms with E-state index >= 15 is 0 Å². The van der Waals surface area contributed by atoms with Gasteiger partial charge in [-0.2, -0.15) is 0 Å². The van der Waals surface area contributed by atoms with Crippen molar-refractivity contribution >= 4 is 0 Å². The van der Waals surface area contributed by atoms with Crippen molar-refractivity contribution in [3.63, 3.8) is 0 Å². The van der Waals surface area contributed by atoms with E-state index in [1.54, 1.807) is 18.8 Å². The summed E-state index contributed by atoms with van der Waals surface area (Å²) in [6, 6.07) is 3.91. The normalized spacial score (nSPS) is 10.6. The molecule has 0 aliphatic carbocycles. The molecule has 2 aromatic rings. The molecule has 2 aromatic heterocycles. The largest absolute Gasteiger partial charge is 0.472 e. The first kappa shape index (κ1) is 9.09. The molecule has 0 aliphatic rings. The molecular formula is C11H13NO2. The Morgan fingerprint density at radius 1 is 1.21 bits per heavy atom. The molecule has 0 radical (unpaired) electrons. The maximum absolute atomic E-state index is 5.30. The van der Waals surface area contributed by atoms with Crippen molar-refractivity contribution in [3.8, 4) is 0 Å².